The molecule has 1 aromatic carbocycles. The maximum absolute atomic E-state index is 14.1. The number of nitrogen functional groups attached to an aromatic ring is 1. The molecule has 1 aliphatic rings. The second-order valence-electron chi connectivity index (χ2n) is 8.38. The van der Waals surface area contributed by atoms with E-state index in [0.29, 0.717) is 17.0 Å². The zero-order valence-corrected chi connectivity index (χ0v) is 18.4. The number of aryl methyl sites for hydroxylation is 1. The van der Waals surface area contributed by atoms with E-state index in [1.807, 2.05) is 19.2 Å². The van der Waals surface area contributed by atoms with Crippen molar-refractivity contribution in [2.75, 3.05) is 5.73 Å². The number of benzene rings is 1. The number of aromatic nitrogens is 5. The van der Waals surface area contributed by atoms with Gasteiger partial charge in [-0.05, 0) is 55.5 Å². The van der Waals surface area contributed by atoms with Gasteiger partial charge in [0.2, 0.25) is 0 Å². The summed E-state index contributed by atoms with van der Waals surface area (Å²) in [5, 5.41) is 4.84. The van der Waals surface area contributed by atoms with E-state index in [4.69, 9.17) is 5.73 Å². The van der Waals surface area contributed by atoms with Crippen molar-refractivity contribution in [2.45, 2.75) is 30.6 Å². The zero-order chi connectivity index (χ0) is 22.9. The van der Waals surface area contributed by atoms with E-state index < -0.39 is 15.8 Å². The highest BCUT2D eigenvalue weighted by Crippen LogP contribution is 2.41. The van der Waals surface area contributed by atoms with Gasteiger partial charge < -0.3 is 5.73 Å². The number of hydrogen-bond acceptors (Lipinski definition) is 6. The van der Waals surface area contributed by atoms with Crippen molar-refractivity contribution < 1.29 is 12.8 Å². The Morgan fingerprint density at radius 1 is 1.12 bits per heavy atom. The number of fused-ring (bicyclic) bond motifs is 2. The minimum absolute atomic E-state index is 0.0837. The van der Waals surface area contributed by atoms with E-state index in [1.54, 1.807) is 16.6 Å². The SMILES string of the molecule is Cc1ccc(S(=O)(=O)n2cc(-c3nc(N)c4cc(C5CC5)cn4n3)c3cc(F)cnc32)cc1. The molecule has 0 spiro atoms. The quantitative estimate of drug-likeness (QED) is 0.434. The summed E-state index contributed by atoms with van der Waals surface area (Å²) < 4.78 is 43.7. The lowest BCUT2D eigenvalue weighted by Gasteiger charge is -2.07. The van der Waals surface area contributed by atoms with Crippen LogP contribution in [0.15, 0.2) is 59.9 Å². The third kappa shape index (κ3) is 3.17. The van der Waals surface area contributed by atoms with Crippen molar-refractivity contribution in [2.24, 2.45) is 0 Å². The summed E-state index contributed by atoms with van der Waals surface area (Å²) in [6.45, 7) is 1.87. The van der Waals surface area contributed by atoms with E-state index >= 15 is 0 Å². The monoisotopic (exact) mass is 462 g/mol. The van der Waals surface area contributed by atoms with Gasteiger partial charge in [0, 0.05) is 23.3 Å². The first kappa shape index (κ1) is 19.9. The van der Waals surface area contributed by atoms with Crippen LogP contribution in [-0.4, -0.2) is 32.0 Å². The smallest absolute Gasteiger partial charge is 0.269 e. The molecule has 4 heterocycles. The van der Waals surface area contributed by atoms with Crippen LogP contribution in [0.1, 0.15) is 29.9 Å². The van der Waals surface area contributed by atoms with Crippen molar-refractivity contribution in [1.29, 1.82) is 0 Å². The number of nitrogens with two attached hydrogens (primary N) is 1. The minimum atomic E-state index is -4.00. The first-order valence-electron chi connectivity index (χ1n) is 10.5. The number of nitrogens with zero attached hydrogens (tertiary/aromatic N) is 5. The molecule has 1 fully saturated rings. The summed E-state index contributed by atoms with van der Waals surface area (Å²) in [5.41, 5.74) is 9.38. The first-order valence-corrected chi connectivity index (χ1v) is 11.9. The fourth-order valence-electron chi connectivity index (χ4n) is 4.03. The summed E-state index contributed by atoms with van der Waals surface area (Å²) in [4.78, 5) is 8.58. The predicted octanol–water partition coefficient (Wildman–Crippen LogP) is 3.89. The van der Waals surface area contributed by atoms with Gasteiger partial charge in [-0.15, -0.1) is 5.10 Å². The molecule has 0 radical (unpaired) electrons. The molecule has 4 aromatic heterocycles. The molecule has 1 aliphatic carbocycles. The topological polar surface area (TPSA) is 108 Å². The maximum Gasteiger partial charge on any atom is 0.269 e. The molecule has 6 rings (SSSR count). The molecule has 0 amide bonds. The van der Waals surface area contributed by atoms with Crippen LogP contribution in [0.4, 0.5) is 10.2 Å². The van der Waals surface area contributed by atoms with Crippen molar-refractivity contribution in [3.05, 3.63) is 71.9 Å². The molecule has 0 atom stereocenters. The van der Waals surface area contributed by atoms with Crippen LogP contribution < -0.4 is 5.73 Å². The van der Waals surface area contributed by atoms with E-state index in [0.717, 1.165) is 34.1 Å². The van der Waals surface area contributed by atoms with Gasteiger partial charge in [0.1, 0.15) is 11.3 Å². The second kappa shape index (κ2) is 6.85. The third-order valence-electron chi connectivity index (χ3n) is 5.96. The fourth-order valence-corrected chi connectivity index (χ4v) is 5.36. The molecule has 2 N–H and O–H groups in total. The van der Waals surface area contributed by atoms with Crippen LogP contribution in [0.3, 0.4) is 0 Å². The summed E-state index contributed by atoms with van der Waals surface area (Å²) in [7, 11) is -4.00. The standard InChI is InChI=1S/C23H19FN6O2S/c1-13-2-6-17(7-3-13)33(31,32)30-12-19(18-9-16(24)10-26-23(18)30)22-27-21(25)20-8-15(14-4-5-14)11-29(20)28-22/h2-3,6-12,14H,4-5H2,1H3,(H2,25,27,28). The first-order chi connectivity index (χ1) is 15.8. The molecular formula is C23H19FN6O2S. The zero-order valence-electron chi connectivity index (χ0n) is 17.6. The highest BCUT2D eigenvalue weighted by Gasteiger charge is 2.27. The Kier molecular flexibility index (Phi) is 4.12. The van der Waals surface area contributed by atoms with Crippen molar-refractivity contribution in [1.82, 2.24) is 23.6 Å². The molecular weight excluding hydrogens is 443 g/mol. The molecule has 8 nitrogen and oxygen atoms in total. The Hall–Kier alpha value is -3.79. The second-order valence-corrected chi connectivity index (χ2v) is 10.2. The van der Waals surface area contributed by atoms with Gasteiger partial charge in [0.05, 0.1) is 11.1 Å². The number of pyridine rings is 1. The van der Waals surface area contributed by atoms with Crippen LogP contribution in [0.5, 0.6) is 0 Å². The maximum atomic E-state index is 14.1. The summed E-state index contributed by atoms with van der Waals surface area (Å²) in [5.74, 6) is 0.362. The Bertz CT molecular complexity index is 1670. The summed E-state index contributed by atoms with van der Waals surface area (Å²) in [6.07, 6.45) is 6.53. The van der Waals surface area contributed by atoms with Gasteiger partial charge in [-0.1, -0.05) is 17.7 Å². The molecule has 5 aromatic rings. The van der Waals surface area contributed by atoms with Gasteiger partial charge in [-0.3, -0.25) is 0 Å². The fraction of sp³-hybridized carbons (Fsp3) is 0.174. The van der Waals surface area contributed by atoms with E-state index in [1.165, 1.54) is 24.4 Å². The predicted molar refractivity (Wildman–Crippen MR) is 122 cm³/mol. The highest BCUT2D eigenvalue weighted by molar-refractivity contribution is 7.90. The van der Waals surface area contributed by atoms with Crippen LogP contribution in [0, 0.1) is 12.7 Å². The Morgan fingerprint density at radius 2 is 1.88 bits per heavy atom. The van der Waals surface area contributed by atoms with Crippen LogP contribution in [0.2, 0.25) is 0 Å². The number of hydrogen-bond donors (Lipinski definition) is 1. The molecule has 1 saturated carbocycles. The third-order valence-corrected chi connectivity index (χ3v) is 7.62. The summed E-state index contributed by atoms with van der Waals surface area (Å²) in [6, 6.07) is 9.69. The average Bonchev–Trinajstić information content (AvgIpc) is 3.42. The van der Waals surface area contributed by atoms with Crippen LogP contribution in [-0.2, 0) is 10.0 Å². The normalized spacial score (nSPS) is 14.4. The van der Waals surface area contributed by atoms with Gasteiger partial charge in [-0.25, -0.2) is 31.3 Å². The summed E-state index contributed by atoms with van der Waals surface area (Å²) >= 11 is 0. The molecule has 166 valence electrons. The Morgan fingerprint density at radius 3 is 2.61 bits per heavy atom. The van der Waals surface area contributed by atoms with Crippen LogP contribution >= 0.6 is 0 Å². The lowest BCUT2D eigenvalue weighted by Crippen LogP contribution is -2.12. The number of halogens is 1. The molecule has 0 aliphatic heterocycles. The number of anilines is 1. The Balaban J connectivity index is 1.58. The molecule has 0 saturated heterocycles. The van der Waals surface area contributed by atoms with Gasteiger partial charge in [0.15, 0.2) is 17.3 Å². The van der Waals surface area contributed by atoms with Crippen molar-refractivity contribution in [3.8, 4) is 11.4 Å². The lowest BCUT2D eigenvalue weighted by atomic mass is 10.2. The molecule has 33 heavy (non-hydrogen) atoms. The van der Waals surface area contributed by atoms with Crippen molar-refractivity contribution in [3.63, 3.8) is 0 Å². The van der Waals surface area contributed by atoms with Gasteiger partial charge in [-0.2, -0.15) is 0 Å². The van der Waals surface area contributed by atoms with Crippen LogP contribution in [0.25, 0.3) is 27.9 Å². The Labute approximate surface area is 188 Å². The van der Waals surface area contributed by atoms with Gasteiger partial charge >= 0.3 is 0 Å². The molecule has 0 bridgehead atoms. The average molecular weight is 463 g/mol. The number of rotatable bonds is 4. The molecule has 0 unspecified atom stereocenters. The van der Waals surface area contributed by atoms with Gasteiger partial charge in [0.25, 0.3) is 10.0 Å². The molecule has 10 heteroatoms. The van der Waals surface area contributed by atoms with Crippen molar-refractivity contribution >= 4 is 32.4 Å². The van der Waals surface area contributed by atoms with E-state index in [-0.39, 0.29) is 27.6 Å². The van der Waals surface area contributed by atoms with E-state index in [2.05, 4.69) is 15.1 Å². The van der Waals surface area contributed by atoms with E-state index in [9.17, 15) is 12.8 Å². The largest absolute Gasteiger partial charge is 0.382 e. The lowest BCUT2D eigenvalue weighted by molar-refractivity contribution is 0.588. The highest BCUT2D eigenvalue weighted by atomic mass is 32.2. The minimum Gasteiger partial charge on any atom is -0.382 e.